The molecular formula is C12H17N3O3S. The number of nitrogens with one attached hydrogen (secondary N) is 1. The number of esters is 1. The van der Waals surface area contributed by atoms with E-state index in [-0.39, 0.29) is 18.0 Å². The van der Waals surface area contributed by atoms with E-state index in [0.717, 1.165) is 19.3 Å². The zero-order valence-corrected chi connectivity index (χ0v) is 11.5. The van der Waals surface area contributed by atoms with Gasteiger partial charge in [-0.3, -0.25) is 0 Å². The predicted molar refractivity (Wildman–Crippen MR) is 72.4 cm³/mol. The average molecular weight is 283 g/mol. The molecule has 0 aromatic carbocycles. The minimum absolute atomic E-state index is 0.232. The van der Waals surface area contributed by atoms with E-state index in [4.69, 9.17) is 15.2 Å². The Labute approximate surface area is 115 Å². The summed E-state index contributed by atoms with van der Waals surface area (Å²) in [4.78, 5) is 11.9. The highest BCUT2D eigenvalue weighted by Crippen LogP contribution is 2.38. The summed E-state index contributed by atoms with van der Waals surface area (Å²) in [7, 11) is 0. The van der Waals surface area contributed by atoms with Gasteiger partial charge in [0, 0.05) is 0 Å². The van der Waals surface area contributed by atoms with Gasteiger partial charge in [0.1, 0.15) is 10.6 Å². The van der Waals surface area contributed by atoms with Crippen molar-refractivity contribution in [3.05, 3.63) is 5.56 Å². The quantitative estimate of drug-likeness (QED) is 0.817. The number of fused-ring (bicyclic) bond motifs is 2. The Morgan fingerprint density at radius 2 is 2.47 bits per heavy atom. The van der Waals surface area contributed by atoms with E-state index >= 15 is 0 Å². The molecule has 0 saturated carbocycles. The molecule has 2 saturated heterocycles. The normalized spacial score (nSPS) is 28.6. The van der Waals surface area contributed by atoms with E-state index in [1.165, 1.54) is 11.5 Å². The fourth-order valence-corrected chi connectivity index (χ4v) is 3.52. The summed E-state index contributed by atoms with van der Waals surface area (Å²) in [6.07, 6.45) is 3.79. The molecule has 3 rings (SSSR count). The van der Waals surface area contributed by atoms with Gasteiger partial charge >= 0.3 is 5.97 Å². The van der Waals surface area contributed by atoms with Crippen LogP contribution in [0.3, 0.4) is 0 Å². The predicted octanol–water partition coefficient (Wildman–Crippen LogP) is 1.63. The molecule has 1 aromatic heterocycles. The van der Waals surface area contributed by atoms with Crippen molar-refractivity contribution in [3.8, 4) is 0 Å². The molecular weight excluding hydrogens is 266 g/mol. The van der Waals surface area contributed by atoms with E-state index < -0.39 is 5.97 Å². The minimum atomic E-state index is -0.416. The van der Waals surface area contributed by atoms with Crippen LogP contribution in [0.25, 0.3) is 0 Å². The van der Waals surface area contributed by atoms with Gasteiger partial charge in [-0.15, -0.1) is 0 Å². The van der Waals surface area contributed by atoms with Crippen molar-refractivity contribution < 1.29 is 14.3 Å². The molecule has 3 atom stereocenters. The zero-order chi connectivity index (χ0) is 13.4. The number of carbonyl (C=O) groups is 1. The fourth-order valence-electron chi connectivity index (χ4n) is 2.76. The van der Waals surface area contributed by atoms with Crippen LogP contribution in [0.2, 0.25) is 0 Å². The van der Waals surface area contributed by atoms with Gasteiger partial charge in [-0.05, 0) is 37.7 Å². The molecule has 6 nitrogen and oxygen atoms in total. The van der Waals surface area contributed by atoms with Crippen molar-refractivity contribution in [1.29, 1.82) is 0 Å². The summed E-state index contributed by atoms with van der Waals surface area (Å²) >= 11 is 1.20. The van der Waals surface area contributed by atoms with Crippen molar-refractivity contribution >= 4 is 28.3 Å². The number of hydrogen-bond acceptors (Lipinski definition) is 7. The maximum atomic E-state index is 11.9. The van der Waals surface area contributed by atoms with Crippen molar-refractivity contribution in [1.82, 2.24) is 4.37 Å². The molecule has 2 fully saturated rings. The Kier molecular flexibility index (Phi) is 3.32. The van der Waals surface area contributed by atoms with Crippen LogP contribution in [-0.4, -0.2) is 35.2 Å². The van der Waals surface area contributed by atoms with E-state index in [9.17, 15) is 4.79 Å². The van der Waals surface area contributed by atoms with E-state index in [1.807, 2.05) is 0 Å². The average Bonchev–Trinajstić information content (AvgIpc) is 3.06. The van der Waals surface area contributed by atoms with E-state index in [2.05, 4.69) is 9.69 Å². The van der Waals surface area contributed by atoms with Crippen molar-refractivity contribution in [2.45, 2.75) is 44.4 Å². The Morgan fingerprint density at radius 3 is 3.11 bits per heavy atom. The number of carbonyl (C=O) groups excluding carboxylic acids is 1. The second-order valence-corrected chi connectivity index (χ2v) is 5.63. The maximum Gasteiger partial charge on any atom is 0.344 e. The third kappa shape index (κ3) is 2.28. The molecule has 104 valence electrons. The lowest BCUT2D eigenvalue weighted by molar-refractivity contribution is 0.0528. The topological polar surface area (TPSA) is 86.5 Å². The molecule has 2 aliphatic heterocycles. The first-order chi connectivity index (χ1) is 9.19. The summed E-state index contributed by atoms with van der Waals surface area (Å²) in [5, 5.41) is 4.04. The third-order valence-corrected chi connectivity index (χ3v) is 4.41. The number of nitrogens with zero attached hydrogens (tertiary/aromatic N) is 1. The number of aromatic nitrogens is 1. The van der Waals surface area contributed by atoms with Gasteiger partial charge in [0.2, 0.25) is 0 Å². The van der Waals surface area contributed by atoms with Crippen LogP contribution in [0.5, 0.6) is 0 Å². The second kappa shape index (κ2) is 4.97. The summed E-state index contributed by atoms with van der Waals surface area (Å²) in [6, 6.07) is 0.242. The Bertz CT molecular complexity index is 491. The van der Waals surface area contributed by atoms with Gasteiger partial charge in [0.25, 0.3) is 0 Å². The SMILES string of the molecule is CCOC(=O)c1c(N)nsc1NC1CC2CCC1O2. The van der Waals surface area contributed by atoms with Gasteiger partial charge in [-0.25, -0.2) is 4.79 Å². The largest absolute Gasteiger partial charge is 0.462 e. The molecule has 0 radical (unpaired) electrons. The van der Waals surface area contributed by atoms with Crippen LogP contribution in [0.4, 0.5) is 10.8 Å². The highest BCUT2D eigenvalue weighted by atomic mass is 32.1. The third-order valence-electron chi connectivity index (χ3n) is 3.62. The first-order valence-corrected chi connectivity index (χ1v) is 7.30. The standard InChI is InChI=1S/C12H17N3O3S/c1-2-17-12(16)9-10(13)15-19-11(9)14-7-5-6-3-4-8(7)18-6/h6-8,14H,2-5H2,1H3,(H2,13,15). The summed E-state index contributed by atoms with van der Waals surface area (Å²) in [6.45, 7) is 2.09. The van der Waals surface area contributed by atoms with Crippen LogP contribution in [0.15, 0.2) is 0 Å². The molecule has 7 heteroatoms. The second-order valence-electron chi connectivity index (χ2n) is 4.85. The lowest BCUT2D eigenvalue weighted by atomic mass is 9.95. The highest BCUT2D eigenvalue weighted by molar-refractivity contribution is 7.11. The number of hydrogen-bond donors (Lipinski definition) is 2. The zero-order valence-electron chi connectivity index (χ0n) is 10.7. The lowest BCUT2D eigenvalue weighted by Crippen LogP contribution is -2.30. The van der Waals surface area contributed by atoms with Crippen molar-refractivity contribution in [2.75, 3.05) is 17.7 Å². The maximum absolute atomic E-state index is 11.9. The summed E-state index contributed by atoms with van der Waals surface area (Å²) in [5.74, 6) is -0.185. The van der Waals surface area contributed by atoms with Gasteiger partial charge in [0.05, 0.1) is 24.9 Å². The number of rotatable bonds is 4. The first kappa shape index (κ1) is 12.7. The molecule has 2 bridgehead atoms. The number of anilines is 2. The minimum Gasteiger partial charge on any atom is -0.462 e. The van der Waals surface area contributed by atoms with Crippen LogP contribution in [-0.2, 0) is 9.47 Å². The van der Waals surface area contributed by atoms with Crippen molar-refractivity contribution in [2.24, 2.45) is 0 Å². The van der Waals surface area contributed by atoms with E-state index in [1.54, 1.807) is 6.92 Å². The Balaban J connectivity index is 1.76. The Hall–Kier alpha value is -1.34. The van der Waals surface area contributed by atoms with Gasteiger partial charge in [0.15, 0.2) is 5.82 Å². The Morgan fingerprint density at radius 1 is 1.63 bits per heavy atom. The molecule has 0 spiro atoms. The molecule has 3 unspecified atom stereocenters. The molecule has 1 aromatic rings. The molecule has 3 N–H and O–H groups in total. The van der Waals surface area contributed by atoms with E-state index in [0.29, 0.717) is 23.3 Å². The van der Waals surface area contributed by atoms with Crippen LogP contribution in [0.1, 0.15) is 36.5 Å². The lowest BCUT2D eigenvalue weighted by Gasteiger charge is -2.20. The highest BCUT2D eigenvalue weighted by Gasteiger charge is 2.41. The van der Waals surface area contributed by atoms with Gasteiger partial charge < -0.3 is 20.5 Å². The van der Waals surface area contributed by atoms with Crippen molar-refractivity contribution in [3.63, 3.8) is 0 Å². The molecule has 0 amide bonds. The van der Waals surface area contributed by atoms with Crippen LogP contribution in [0, 0.1) is 0 Å². The van der Waals surface area contributed by atoms with Crippen LogP contribution >= 0.6 is 11.5 Å². The molecule has 2 aliphatic rings. The fraction of sp³-hybridized carbons (Fsp3) is 0.667. The molecule has 19 heavy (non-hydrogen) atoms. The number of nitrogen functional groups attached to an aromatic ring is 1. The van der Waals surface area contributed by atoms with Crippen LogP contribution < -0.4 is 11.1 Å². The van der Waals surface area contributed by atoms with Gasteiger partial charge in [-0.1, -0.05) is 0 Å². The monoisotopic (exact) mass is 283 g/mol. The smallest absolute Gasteiger partial charge is 0.344 e. The number of nitrogens with two attached hydrogens (primary N) is 1. The number of ether oxygens (including phenoxy) is 2. The first-order valence-electron chi connectivity index (χ1n) is 6.53. The molecule has 3 heterocycles. The molecule has 0 aliphatic carbocycles. The summed E-state index contributed by atoms with van der Waals surface area (Å²) < 4.78 is 14.8. The summed E-state index contributed by atoms with van der Waals surface area (Å²) in [5.41, 5.74) is 6.11. The van der Waals surface area contributed by atoms with Gasteiger partial charge in [-0.2, -0.15) is 4.37 Å².